The average Bonchev–Trinajstić information content (AvgIpc) is 3.16. The van der Waals surface area contributed by atoms with Crippen LogP contribution in [0.5, 0.6) is 0 Å². The molecule has 0 saturated carbocycles. The molecule has 2 fully saturated rings. The van der Waals surface area contributed by atoms with Crippen LogP contribution in [-0.2, 0) is 56.6 Å². The lowest BCUT2D eigenvalue weighted by Gasteiger charge is -2.38. The molecule has 0 spiro atoms. The van der Waals surface area contributed by atoms with E-state index in [0.29, 0.717) is 39.3 Å². The molecule has 0 amide bonds. The van der Waals surface area contributed by atoms with E-state index in [0.717, 1.165) is 77.5 Å². The Morgan fingerprint density at radius 1 is 0.512 bits per heavy atom. The number of esters is 2. The van der Waals surface area contributed by atoms with E-state index in [-0.39, 0.29) is 35.6 Å². The van der Waals surface area contributed by atoms with Crippen molar-refractivity contribution < 1.29 is 38.1 Å². The van der Waals surface area contributed by atoms with Gasteiger partial charge in [-0.15, -0.1) is 0 Å². The van der Waals surface area contributed by atoms with E-state index >= 15 is 0 Å². The van der Waals surface area contributed by atoms with E-state index in [2.05, 4.69) is 196 Å². The molecule has 0 unspecified atom stereocenters. The third-order valence-electron chi connectivity index (χ3n) is 17.2. The lowest BCUT2D eigenvalue weighted by molar-refractivity contribution is -0.140. The minimum Gasteiger partial charge on any atom is -0.469 e. The van der Waals surface area contributed by atoms with Crippen molar-refractivity contribution in [3.63, 3.8) is 0 Å². The summed E-state index contributed by atoms with van der Waals surface area (Å²) in [6, 6.07) is 43.5. The van der Waals surface area contributed by atoms with Crippen molar-refractivity contribution in [3.05, 3.63) is 188 Å². The van der Waals surface area contributed by atoms with Crippen LogP contribution >= 0.6 is 0 Å². The molecule has 8 nitrogen and oxygen atoms in total. The lowest BCUT2D eigenvalue weighted by Crippen LogP contribution is -2.45. The summed E-state index contributed by atoms with van der Waals surface area (Å²) < 4.78 is 27.3. The number of hydrogen-bond acceptors (Lipinski definition) is 8. The highest BCUT2D eigenvalue weighted by atomic mass is 28.4. The van der Waals surface area contributed by atoms with E-state index in [4.69, 9.17) is 23.4 Å². The number of carbonyl (C=O) groups is 2. The predicted molar refractivity (Wildman–Crippen MR) is 336 cm³/mol. The molecule has 0 atom stereocenters. The number of aliphatic hydroxyl groups is 1. The third-order valence-corrected chi connectivity index (χ3v) is 18.2. The summed E-state index contributed by atoms with van der Waals surface area (Å²) in [5.74, 6) is 13.0. The Kier molecular flexibility index (Phi) is 21.3. The molecule has 0 aliphatic carbocycles. The van der Waals surface area contributed by atoms with Gasteiger partial charge in [0.25, 0.3) is 0 Å². The lowest BCUT2D eigenvalue weighted by atomic mass is 9.69. The summed E-state index contributed by atoms with van der Waals surface area (Å²) in [6.45, 7) is 27.0. The molecular formula is C73H88O8Si. The first-order valence-corrected chi connectivity index (χ1v) is 33.0. The van der Waals surface area contributed by atoms with Gasteiger partial charge in [0.1, 0.15) is 11.2 Å². The second-order valence-electron chi connectivity index (χ2n) is 23.6. The van der Waals surface area contributed by atoms with Crippen LogP contribution in [-0.4, -0.2) is 77.2 Å². The van der Waals surface area contributed by atoms with Gasteiger partial charge < -0.3 is 28.5 Å². The maximum Gasteiger partial charge on any atom is 0.309 e. The second kappa shape index (κ2) is 27.7. The maximum atomic E-state index is 11.7. The summed E-state index contributed by atoms with van der Waals surface area (Å²) in [7, 11) is 1.07. The quantitative estimate of drug-likeness (QED) is 0.0581. The molecular weight excluding hydrogens is 1030 g/mol. The molecule has 6 aromatic rings. The molecule has 2 saturated heterocycles. The van der Waals surface area contributed by atoms with Gasteiger partial charge in [0.15, 0.2) is 8.32 Å². The first-order chi connectivity index (χ1) is 39.2. The summed E-state index contributed by atoms with van der Waals surface area (Å²) in [5.41, 5.74) is 17.1. The van der Waals surface area contributed by atoms with Crippen LogP contribution < -0.4 is 0 Å². The maximum absolute atomic E-state index is 11.7. The molecule has 9 heteroatoms. The summed E-state index contributed by atoms with van der Waals surface area (Å²) in [6.07, 6.45) is 7.29. The van der Waals surface area contributed by atoms with Crippen molar-refractivity contribution in [2.75, 3.05) is 40.6 Å². The number of carbonyl (C=O) groups excluding carboxylic acids is 2. The average molecular weight is 1120 g/mol. The molecule has 2 aliphatic rings. The van der Waals surface area contributed by atoms with Crippen LogP contribution in [0.15, 0.2) is 121 Å². The van der Waals surface area contributed by atoms with E-state index in [1.54, 1.807) is 0 Å². The van der Waals surface area contributed by atoms with Gasteiger partial charge in [-0.1, -0.05) is 161 Å². The Morgan fingerprint density at radius 3 is 1.21 bits per heavy atom. The highest BCUT2D eigenvalue weighted by molar-refractivity contribution is 6.69. The summed E-state index contributed by atoms with van der Waals surface area (Å²) >= 11 is 0. The molecule has 2 aliphatic heterocycles. The smallest absolute Gasteiger partial charge is 0.309 e. The number of rotatable bonds is 16. The van der Waals surface area contributed by atoms with Gasteiger partial charge in [-0.3, -0.25) is 9.59 Å². The zero-order valence-electron chi connectivity index (χ0n) is 51.3. The number of methoxy groups -OCH3 is 2. The zero-order chi connectivity index (χ0) is 59.3. The minimum atomic E-state index is -1.77. The van der Waals surface area contributed by atoms with Gasteiger partial charge in [-0.05, 0) is 163 Å². The Bertz CT molecular complexity index is 3280. The minimum absolute atomic E-state index is 0.0900. The van der Waals surface area contributed by atoms with Gasteiger partial charge in [0.2, 0.25) is 0 Å². The van der Waals surface area contributed by atoms with Gasteiger partial charge in [0.05, 0.1) is 53.5 Å². The SMILES string of the molecule is CCC(CC)(c1ccc(C#CC2(O)CCOCC2)c(C)c1)c1ccc(-c2ccc(CC(=O)OC)cc2)c(C)c1.CCC(CC)(c1ccc(C#CC2(O[Si](C)(C)C)CCOCC2)c(C)c1)c1ccc(-c2ccc(CC(=O)OC)cc2)c(C)c1. The molecule has 432 valence electrons. The van der Waals surface area contributed by atoms with E-state index in [9.17, 15) is 14.7 Å². The fraction of sp³-hybridized carbons (Fsp3) is 0.425. The molecule has 1 N–H and O–H groups in total. The number of hydrogen-bond donors (Lipinski definition) is 1. The molecule has 0 aromatic heterocycles. The van der Waals surface area contributed by atoms with Crippen molar-refractivity contribution in [2.24, 2.45) is 0 Å². The molecule has 0 radical (unpaired) electrons. The monoisotopic (exact) mass is 1120 g/mol. The fourth-order valence-electron chi connectivity index (χ4n) is 12.1. The highest BCUT2D eigenvalue weighted by Crippen LogP contribution is 2.43. The Morgan fingerprint density at radius 2 is 0.866 bits per heavy atom. The van der Waals surface area contributed by atoms with Crippen molar-refractivity contribution >= 4 is 20.3 Å². The van der Waals surface area contributed by atoms with Gasteiger partial charge in [-0.25, -0.2) is 0 Å². The van der Waals surface area contributed by atoms with E-state index < -0.39 is 19.5 Å². The Balaban J connectivity index is 0.000000237. The normalized spacial score (nSPS) is 14.9. The van der Waals surface area contributed by atoms with Crippen LogP contribution in [0, 0.1) is 51.4 Å². The number of aryl methyl sites for hydroxylation is 4. The van der Waals surface area contributed by atoms with Crippen molar-refractivity contribution in [3.8, 4) is 45.9 Å². The molecule has 82 heavy (non-hydrogen) atoms. The van der Waals surface area contributed by atoms with Crippen molar-refractivity contribution in [1.82, 2.24) is 0 Å². The molecule has 2 heterocycles. The third kappa shape index (κ3) is 15.2. The van der Waals surface area contributed by atoms with Crippen LogP contribution in [0.2, 0.25) is 19.6 Å². The second-order valence-corrected chi connectivity index (χ2v) is 28.0. The number of ether oxygens (including phenoxy) is 4. The highest BCUT2D eigenvalue weighted by Gasteiger charge is 2.37. The van der Waals surface area contributed by atoms with Crippen molar-refractivity contribution in [2.45, 2.75) is 161 Å². The van der Waals surface area contributed by atoms with E-state index in [1.807, 2.05) is 24.3 Å². The summed E-state index contributed by atoms with van der Waals surface area (Å²) in [5, 5.41) is 10.7. The Labute approximate surface area is 491 Å². The van der Waals surface area contributed by atoms with Crippen molar-refractivity contribution in [1.29, 1.82) is 0 Å². The van der Waals surface area contributed by atoms with Crippen LogP contribution in [0.3, 0.4) is 0 Å². The van der Waals surface area contributed by atoms with Gasteiger partial charge in [0, 0.05) is 47.6 Å². The van der Waals surface area contributed by atoms with E-state index in [1.165, 1.54) is 64.3 Å². The Hall–Kier alpha value is -6.56. The topological polar surface area (TPSA) is 101 Å². The first kappa shape index (κ1) is 63.0. The molecule has 8 rings (SSSR count). The standard InChI is InChI=1S/C38H48O4Si.C35H40O4/c1-9-38(10-2,34-17-18-35(29(4)26-34)32-13-11-30(12-14-32)27-36(39)40-5)33-16-15-31(28(3)25-33)19-20-37(42-43(6,7)8)21-23-41-24-22-37;1-6-35(7-2,30-13-12-28(25(3)22-30)16-17-34(37)18-20-39-21-19-34)31-14-15-32(26(4)23-31)29-10-8-27(9-11-29)24-33(36)38-5/h11-18,25-26H,9-10,21-24,27H2,1-8H3;8-15,22-23,37H,6-7,18-21,24H2,1-5H3. The van der Waals surface area contributed by atoms with Crippen LogP contribution in [0.1, 0.15) is 146 Å². The van der Waals surface area contributed by atoms with Gasteiger partial charge in [-0.2, -0.15) is 0 Å². The zero-order valence-corrected chi connectivity index (χ0v) is 52.3. The first-order valence-electron chi connectivity index (χ1n) is 29.6. The van der Waals surface area contributed by atoms with Crippen LogP contribution in [0.4, 0.5) is 0 Å². The number of benzene rings is 6. The van der Waals surface area contributed by atoms with Crippen LogP contribution in [0.25, 0.3) is 22.3 Å². The fourth-order valence-corrected chi connectivity index (χ4v) is 13.5. The summed E-state index contributed by atoms with van der Waals surface area (Å²) in [4.78, 5) is 23.3. The van der Waals surface area contributed by atoms with Gasteiger partial charge >= 0.3 is 11.9 Å². The largest absolute Gasteiger partial charge is 0.469 e. The predicted octanol–water partition coefficient (Wildman–Crippen LogP) is 15.2. The molecule has 0 bridgehead atoms. The molecule has 6 aromatic carbocycles.